The van der Waals surface area contributed by atoms with Gasteiger partial charge in [-0.3, -0.25) is 4.79 Å². The van der Waals surface area contributed by atoms with E-state index in [9.17, 15) is 22.8 Å². The first kappa shape index (κ1) is 17.3. The largest absolute Gasteiger partial charge is 0.484 e. The number of carboxylic acid groups (broad SMARTS) is 1. The van der Waals surface area contributed by atoms with Gasteiger partial charge >= 0.3 is 12.1 Å². The molecule has 126 valence electrons. The molecule has 2 N–H and O–H groups in total. The summed E-state index contributed by atoms with van der Waals surface area (Å²) in [7, 11) is 0. The third-order valence-corrected chi connectivity index (χ3v) is 2.92. The maximum absolute atomic E-state index is 12.1. The Hall–Kier alpha value is -3.03. The topological polar surface area (TPSA) is 75.6 Å². The molecule has 1 amide bonds. The van der Waals surface area contributed by atoms with Gasteiger partial charge in [0.05, 0.1) is 11.3 Å². The highest BCUT2D eigenvalue weighted by atomic mass is 19.4. The van der Waals surface area contributed by atoms with Crippen molar-refractivity contribution in [3.63, 3.8) is 0 Å². The fraction of sp³-hybridized carbons (Fsp3) is 0.125. The lowest BCUT2D eigenvalue weighted by molar-refractivity contribution is -0.153. The van der Waals surface area contributed by atoms with E-state index in [-0.39, 0.29) is 22.6 Å². The van der Waals surface area contributed by atoms with Gasteiger partial charge in [-0.25, -0.2) is 4.79 Å². The summed E-state index contributed by atoms with van der Waals surface area (Å²) in [6, 6.07) is 10.9. The third-order valence-electron chi connectivity index (χ3n) is 2.92. The molecule has 0 saturated carbocycles. The molecule has 2 aromatic carbocycles. The standard InChI is InChI=1S/C16H12F3NO4/c17-16(18,19)9-24-11-7-5-10(6-8-11)14(21)20-13-4-2-1-3-12(13)15(22)23/h1-8H,9H2,(H,20,21)(H,22,23). The minimum Gasteiger partial charge on any atom is -0.484 e. The van der Waals surface area contributed by atoms with Crippen LogP contribution in [0.3, 0.4) is 0 Å². The number of amides is 1. The molecule has 5 nitrogen and oxygen atoms in total. The van der Waals surface area contributed by atoms with Crippen molar-refractivity contribution in [3.05, 3.63) is 59.7 Å². The number of benzene rings is 2. The zero-order chi connectivity index (χ0) is 17.7. The molecule has 0 aliphatic carbocycles. The lowest BCUT2D eigenvalue weighted by Gasteiger charge is -2.10. The van der Waals surface area contributed by atoms with Crippen molar-refractivity contribution >= 4 is 17.6 Å². The summed E-state index contributed by atoms with van der Waals surface area (Å²) in [5.41, 5.74) is 0.193. The molecule has 0 aromatic heterocycles. The van der Waals surface area contributed by atoms with Crippen LogP contribution < -0.4 is 10.1 Å². The molecule has 0 unspecified atom stereocenters. The molecule has 0 radical (unpaired) electrons. The second-order valence-electron chi connectivity index (χ2n) is 4.73. The smallest absolute Gasteiger partial charge is 0.422 e. The zero-order valence-electron chi connectivity index (χ0n) is 12.1. The Morgan fingerprint density at radius 3 is 2.25 bits per heavy atom. The molecule has 2 aromatic rings. The number of aromatic carboxylic acids is 1. The summed E-state index contributed by atoms with van der Waals surface area (Å²) in [5, 5.41) is 11.5. The zero-order valence-corrected chi connectivity index (χ0v) is 12.1. The predicted octanol–water partition coefficient (Wildman–Crippen LogP) is 3.58. The summed E-state index contributed by atoms with van der Waals surface area (Å²) in [4.78, 5) is 23.2. The van der Waals surface area contributed by atoms with E-state index in [4.69, 9.17) is 5.11 Å². The SMILES string of the molecule is O=C(Nc1ccccc1C(=O)O)c1ccc(OCC(F)(F)F)cc1. The fourth-order valence-corrected chi connectivity index (χ4v) is 1.84. The highest BCUT2D eigenvalue weighted by Gasteiger charge is 2.28. The molecule has 0 fully saturated rings. The maximum Gasteiger partial charge on any atom is 0.422 e. The number of hydrogen-bond donors (Lipinski definition) is 2. The van der Waals surface area contributed by atoms with Crippen molar-refractivity contribution in [2.75, 3.05) is 11.9 Å². The monoisotopic (exact) mass is 339 g/mol. The number of anilines is 1. The normalized spacial score (nSPS) is 11.0. The molecule has 0 saturated heterocycles. The number of halogens is 3. The Bertz CT molecular complexity index is 742. The van der Waals surface area contributed by atoms with Gasteiger partial charge in [0.25, 0.3) is 5.91 Å². The van der Waals surface area contributed by atoms with E-state index in [1.807, 2.05) is 0 Å². The first-order valence-electron chi connectivity index (χ1n) is 6.69. The van der Waals surface area contributed by atoms with Gasteiger partial charge in [-0.2, -0.15) is 13.2 Å². The number of rotatable bonds is 5. The fourth-order valence-electron chi connectivity index (χ4n) is 1.84. The number of carbonyl (C=O) groups is 2. The van der Waals surface area contributed by atoms with E-state index >= 15 is 0 Å². The highest BCUT2D eigenvalue weighted by Crippen LogP contribution is 2.20. The Balaban J connectivity index is 2.07. The Kier molecular flexibility index (Phi) is 5.08. The maximum atomic E-state index is 12.1. The molecular weight excluding hydrogens is 327 g/mol. The first-order valence-corrected chi connectivity index (χ1v) is 6.69. The number of alkyl halides is 3. The van der Waals surface area contributed by atoms with Gasteiger partial charge in [0.1, 0.15) is 5.75 Å². The highest BCUT2D eigenvalue weighted by molar-refractivity contribution is 6.07. The summed E-state index contributed by atoms with van der Waals surface area (Å²) < 4.78 is 40.7. The first-order chi connectivity index (χ1) is 11.3. The number of ether oxygens (including phenoxy) is 1. The van der Waals surface area contributed by atoms with E-state index in [0.717, 1.165) is 0 Å². The summed E-state index contributed by atoms with van der Waals surface area (Å²) in [5.74, 6) is -1.82. The van der Waals surface area contributed by atoms with Crippen molar-refractivity contribution in [3.8, 4) is 5.75 Å². The minimum absolute atomic E-state index is 0.0326. The van der Waals surface area contributed by atoms with Crippen LogP contribution in [-0.4, -0.2) is 29.8 Å². The lowest BCUT2D eigenvalue weighted by atomic mass is 10.1. The van der Waals surface area contributed by atoms with Crippen LogP contribution in [0.2, 0.25) is 0 Å². The quantitative estimate of drug-likeness (QED) is 0.873. The van der Waals surface area contributed by atoms with Gasteiger partial charge in [-0.05, 0) is 36.4 Å². The van der Waals surface area contributed by atoms with Crippen molar-refractivity contribution in [2.24, 2.45) is 0 Å². The van der Waals surface area contributed by atoms with Gasteiger partial charge in [-0.1, -0.05) is 12.1 Å². The minimum atomic E-state index is -4.45. The number of carbonyl (C=O) groups excluding carboxylic acids is 1. The third kappa shape index (κ3) is 4.73. The van der Waals surface area contributed by atoms with Crippen LogP contribution in [0.4, 0.5) is 18.9 Å². The predicted molar refractivity (Wildman–Crippen MR) is 79.3 cm³/mol. The van der Waals surface area contributed by atoms with E-state index in [0.29, 0.717) is 0 Å². The van der Waals surface area contributed by atoms with Crippen LogP contribution in [0.1, 0.15) is 20.7 Å². The van der Waals surface area contributed by atoms with Crippen molar-refractivity contribution in [1.82, 2.24) is 0 Å². The van der Waals surface area contributed by atoms with Gasteiger partial charge in [0, 0.05) is 5.56 Å². The van der Waals surface area contributed by atoms with Crippen molar-refractivity contribution < 1.29 is 32.6 Å². The molecule has 0 atom stereocenters. The Labute approximate surface area is 134 Å². The van der Waals surface area contributed by atoms with Crippen LogP contribution >= 0.6 is 0 Å². The van der Waals surface area contributed by atoms with Crippen molar-refractivity contribution in [2.45, 2.75) is 6.18 Å². The molecular formula is C16H12F3NO4. The van der Waals surface area contributed by atoms with E-state index in [2.05, 4.69) is 10.1 Å². The molecule has 0 bridgehead atoms. The average molecular weight is 339 g/mol. The number of nitrogens with one attached hydrogen (secondary N) is 1. The molecule has 0 spiro atoms. The van der Waals surface area contributed by atoms with Crippen LogP contribution in [0.25, 0.3) is 0 Å². The molecule has 0 heterocycles. The number of hydrogen-bond acceptors (Lipinski definition) is 3. The second-order valence-corrected chi connectivity index (χ2v) is 4.73. The van der Waals surface area contributed by atoms with Gasteiger partial charge in [-0.15, -0.1) is 0 Å². The molecule has 0 aliphatic rings. The van der Waals surface area contributed by atoms with Crippen molar-refractivity contribution in [1.29, 1.82) is 0 Å². The Morgan fingerprint density at radius 2 is 1.67 bits per heavy atom. The Morgan fingerprint density at radius 1 is 1.04 bits per heavy atom. The molecule has 8 heteroatoms. The number of para-hydroxylation sites is 1. The summed E-state index contributed by atoms with van der Waals surface area (Å²) >= 11 is 0. The van der Waals surface area contributed by atoms with Crippen LogP contribution in [0.5, 0.6) is 5.75 Å². The second kappa shape index (κ2) is 7.03. The average Bonchev–Trinajstić information content (AvgIpc) is 2.53. The van der Waals surface area contributed by atoms with E-state index in [1.165, 1.54) is 42.5 Å². The molecule has 2 rings (SSSR count). The van der Waals surface area contributed by atoms with Crippen LogP contribution in [0, 0.1) is 0 Å². The molecule has 24 heavy (non-hydrogen) atoms. The van der Waals surface area contributed by atoms with Gasteiger partial charge in [0.2, 0.25) is 0 Å². The summed E-state index contributed by atoms with van der Waals surface area (Å²) in [6.07, 6.45) is -4.45. The molecule has 0 aliphatic heterocycles. The van der Waals surface area contributed by atoms with Crippen LogP contribution in [-0.2, 0) is 0 Å². The van der Waals surface area contributed by atoms with E-state index in [1.54, 1.807) is 6.07 Å². The van der Waals surface area contributed by atoms with E-state index < -0.39 is 24.7 Å². The van der Waals surface area contributed by atoms with Crippen LogP contribution in [0.15, 0.2) is 48.5 Å². The number of carboxylic acids is 1. The lowest BCUT2D eigenvalue weighted by Crippen LogP contribution is -2.19. The van der Waals surface area contributed by atoms with Gasteiger partial charge in [0.15, 0.2) is 6.61 Å². The summed E-state index contributed by atoms with van der Waals surface area (Å²) in [6.45, 7) is -1.43. The van der Waals surface area contributed by atoms with Gasteiger partial charge < -0.3 is 15.2 Å².